The Morgan fingerprint density at radius 1 is 1.11 bits per heavy atom. The Bertz CT molecular complexity index is 237. The Labute approximate surface area is 114 Å². The van der Waals surface area contributed by atoms with Crippen LogP contribution in [-0.2, 0) is 9.47 Å². The van der Waals surface area contributed by atoms with Gasteiger partial charge in [0.25, 0.3) is 0 Å². The fourth-order valence-corrected chi connectivity index (χ4v) is 2.16. The summed E-state index contributed by atoms with van der Waals surface area (Å²) in [5.41, 5.74) is 0. The lowest BCUT2D eigenvalue weighted by Gasteiger charge is -2.45. The van der Waals surface area contributed by atoms with Gasteiger partial charge in [-0.15, -0.1) is 0 Å². The van der Waals surface area contributed by atoms with Crippen molar-refractivity contribution in [3.63, 3.8) is 0 Å². The molecule has 5 atom stereocenters. The van der Waals surface area contributed by atoms with Gasteiger partial charge in [-0.3, -0.25) is 0 Å². The molecule has 1 rings (SSSR count). The zero-order valence-corrected chi connectivity index (χ0v) is 11.4. The lowest BCUT2D eigenvalue weighted by Crippen LogP contribution is -2.63. The van der Waals surface area contributed by atoms with Gasteiger partial charge in [0, 0.05) is 12.9 Å². The number of aliphatic hydroxyl groups is 3. The third kappa shape index (κ3) is 4.98. The maximum absolute atomic E-state index is 11.6. The highest BCUT2D eigenvalue weighted by molar-refractivity contribution is 4.88. The summed E-state index contributed by atoms with van der Waals surface area (Å²) in [6.45, 7) is 2.00. The highest BCUT2D eigenvalue weighted by Crippen LogP contribution is 2.21. The van der Waals surface area contributed by atoms with Crippen LogP contribution in [0.2, 0.25) is 0 Å². The molecule has 0 saturated carbocycles. The molecule has 3 N–H and O–H groups in total. The van der Waals surface area contributed by atoms with E-state index >= 15 is 0 Å². The maximum Gasteiger partial charge on any atom is 0.111 e. The first-order chi connectivity index (χ1) is 9.11. The van der Waals surface area contributed by atoms with E-state index in [1.807, 2.05) is 0 Å². The van der Waals surface area contributed by atoms with E-state index in [1.54, 1.807) is 0 Å². The summed E-state index contributed by atoms with van der Waals surface area (Å²) in [7, 11) is 0. The third-order valence-electron chi connectivity index (χ3n) is 3.38. The molecule has 0 aromatic carbocycles. The van der Waals surface area contributed by atoms with Crippen molar-refractivity contribution in [1.82, 2.24) is 0 Å². The highest BCUT2D eigenvalue weighted by Gasteiger charge is 2.40. The van der Waals surface area contributed by atoms with Crippen molar-refractivity contribution in [1.29, 1.82) is 0 Å². The molecule has 6 heteroatoms. The molecule has 0 radical (unpaired) electrons. The molecule has 0 bridgehead atoms. The predicted molar refractivity (Wildman–Crippen MR) is 66.3 cm³/mol. The van der Waals surface area contributed by atoms with Crippen LogP contribution in [0, 0.1) is 0 Å². The molecule has 0 aromatic rings. The van der Waals surface area contributed by atoms with E-state index in [-0.39, 0.29) is 0 Å². The Morgan fingerprint density at radius 3 is 2.42 bits per heavy atom. The van der Waals surface area contributed by atoms with Crippen molar-refractivity contribution in [2.45, 2.75) is 69.7 Å². The lowest BCUT2D eigenvalue weighted by molar-refractivity contribution is -0.534. The molecule has 0 aromatic heterocycles. The molecule has 1 saturated heterocycles. The van der Waals surface area contributed by atoms with Gasteiger partial charge in [0.15, 0.2) is 0 Å². The number of rotatable bonds is 8. The van der Waals surface area contributed by atoms with Crippen molar-refractivity contribution in [3.05, 3.63) is 0 Å². The lowest BCUT2D eigenvalue weighted by atomic mass is 9.99. The van der Waals surface area contributed by atoms with E-state index in [1.165, 1.54) is 6.42 Å². The van der Waals surface area contributed by atoms with Gasteiger partial charge in [-0.2, -0.15) is 0 Å². The molecular formula is C13H25O6-. The van der Waals surface area contributed by atoms with Crippen molar-refractivity contribution < 1.29 is 29.9 Å². The number of unbranched alkanes of at least 4 members (excludes halogenated alkanes) is 4. The second-order valence-electron chi connectivity index (χ2n) is 4.96. The number of ether oxygens (including phenoxy) is 2. The van der Waals surface area contributed by atoms with Gasteiger partial charge >= 0.3 is 0 Å². The van der Waals surface area contributed by atoms with Gasteiger partial charge in [-0.25, -0.2) is 0 Å². The minimum atomic E-state index is -1.58. The number of hydrogen-bond acceptors (Lipinski definition) is 6. The van der Waals surface area contributed by atoms with Crippen molar-refractivity contribution >= 4 is 0 Å². The average Bonchev–Trinajstić information content (AvgIpc) is 2.41. The van der Waals surface area contributed by atoms with Crippen LogP contribution in [0.3, 0.4) is 0 Å². The molecule has 1 fully saturated rings. The molecule has 114 valence electrons. The van der Waals surface area contributed by atoms with Crippen LogP contribution in [0.15, 0.2) is 0 Å². The summed E-state index contributed by atoms with van der Waals surface area (Å²) in [5.74, 6) is 0. The zero-order valence-electron chi connectivity index (χ0n) is 11.4. The number of aliphatic hydroxyl groups excluding tert-OH is 3. The Morgan fingerprint density at radius 2 is 1.79 bits per heavy atom. The summed E-state index contributed by atoms with van der Waals surface area (Å²) in [4.78, 5) is 0. The molecule has 0 spiro atoms. The third-order valence-corrected chi connectivity index (χ3v) is 3.38. The van der Waals surface area contributed by atoms with E-state index in [0.717, 1.165) is 25.7 Å². The van der Waals surface area contributed by atoms with Gasteiger partial charge in [0.1, 0.15) is 18.3 Å². The van der Waals surface area contributed by atoms with Crippen LogP contribution in [-0.4, -0.2) is 59.2 Å². The molecule has 1 aliphatic rings. The zero-order chi connectivity index (χ0) is 14.3. The Kier molecular flexibility index (Phi) is 7.82. The second kappa shape index (κ2) is 8.84. The van der Waals surface area contributed by atoms with E-state index in [2.05, 4.69) is 6.92 Å². The standard InChI is InChI=1S/C13H25O6/c1-2-3-4-5-6-7-18-12-11(16)10(15)9(8-14)19-13(12)17/h9-16H,2-8H2,1H3/q-1/t9-,10-,11+,12-,13-/m1/s1. The average molecular weight is 277 g/mol. The van der Waals surface area contributed by atoms with Gasteiger partial charge in [-0.05, 0) is 6.42 Å². The Balaban J connectivity index is 2.28. The van der Waals surface area contributed by atoms with Crippen LogP contribution in [0.1, 0.15) is 39.0 Å². The van der Waals surface area contributed by atoms with Gasteiger partial charge < -0.3 is 29.9 Å². The molecule has 0 aliphatic carbocycles. The van der Waals surface area contributed by atoms with Crippen LogP contribution >= 0.6 is 0 Å². The summed E-state index contributed by atoms with van der Waals surface area (Å²) in [6, 6.07) is 0. The van der Waals surface area contributed by atoms with Crippen LogP contribution in [0.5, 0.6) is 0 Å². The molecule has 6 nitrogen and oxygen atoms in total. The van der Waals surface area contributed by atoms with Gasteiger partial charge in [0.2, 0.25) is 0 Å². The smallest absolute Gasteiger partial charge is 0.111 e. The van der Waals surface area contributed by atoms with Gasteiger partial charge in [0.05, 0.1) is 12.7 Å². The first-order valence-corrected chi connectivity index (χ1v) is 7.01. The molecule has 1 heterocycles. The monoisotopic (exact) mass is 277 g/mol. The fraction of sp³-hybridized carbons (Fsp3) is 1.00. The molecule has 19 heavy (non-hydrogen) atoms. The summed E-state index contributed by atoms with van der Waals surface area (Å²) < 4.78 is 10.2. The molecule has 0 unspecified atom stereocenters. The normalized spacial score (nSPS) is 35.5. The summed E-state index contributed by atoms with van der Waals surface area (Å²) >= 11 is 0. The molecular weight excluding hydrogens is 252 g/mol. The number of hydrogen-bond donors (Lipinski definition) is 3. The largest absolute Gasteiger partial charge is 0.829 e. The van der Waals surface area contributed by atoms with Crippen LogP contribution in [0.25, 0.3) is 0 Å². The topological polar surface area (TPSA) is 102 Å². The predicted octanol–water partition coefficient (Wildman–Crippen LogP) is -0.859. The highest BCUT2D eigenvalue weighted by atomic mass is 16.7. The second-order valence-corrected chi connectivity index (χ2v) is 4.96. The summed E-state index contributed by atoms with van der Waals surface area (Å²) in [6.07, 6.45) is -1.01. The first kappa shape index (κ1) is 16.8. The van der Waals surface area contributed by atoms with E-state index < -0.39 is 37.3 Å². The summed E-state index contributed by atoms with van der Waals surface area (Å²) in [5, 5.41) is 40.0. The quantitative estimate of drug-likeness (QED) is 0.499. The SMILES string of the molecule is CCCCCCCO[C@@H]1[C@@H](O)[C@H](O)[C@@H](CO)O[C@H]1[O-]. The first-order valence-electron chi connectivity index (χ1n) is 7.01. The van der Waals surface area contributed by atoms with Crippen LogP contribution in [0.4, 0.5) is 0 Å². The molecule has 0 amide bonds. The van der Waals surface area contributed by atoms with E-state index in [0.29, 0.717) is 6.61 Å². The van der Waals surface area contributed by atoms with Crippen molar-refractivity contribution in [3.8, 4) is 0 Å². The van der Waals surface area contributed by atoms with Crippen molar-refractivity contribution in [2.75, 3.05) is 13.2 Å². The van der Waals surface area contributed by atoms with Crippen molar-refractivity contribution in [2.24, 2.45) is 0 Å². The fourth-order valence-electron chi connectivity index (χ4n) is 2.16. The van der Waals surface area contributed by atoms with Gasteiger partial charge in [-0.1, -0.05) is 32.6 Å². The maximum atomic E-state index is 11.6. The van der Waals surface area contributed by atoms with E-state index in [4.69, 9.17) is 14.6 Å². The Hall–Kier alpha value is -0.240. The minimum absolute atomic E-state index is 0.365. The van der Waals surface area contributed by atoms with E-state index in [9.17, 15) is 15.3 Å². The molecule has 1 aliphatic heterocycles. The minimum Gasteiger partial charge on any atom is -0.829 e. The van der Waals surface area contributed by atoms with Crippen LogP contribution < -0.4 is 5.11 Å².